The maximum absolute atomic E-state index is 11.5. The monoisotopic (exact) mass is 286 g/mol. The van der Waals surface area contributed by atoms with Crippen LogP contribution in [0.25, 0.3) is 0 Å². The fraction of sp³-hybridized carbons (Fsp3) is 0.545. The molecule has 2 rings (SSSR count). The number of anilines is 1. The average molecular weight is 287 g/mol. The number of fused-ring (bicyclic) bond motifs is 1. The van der Waals surface area contributed by atoms with Gasteiger partial charge in [-0.15, -0.1) is 11.8 Å². The molecule has 7 heteroatoms. The zero-order valence-electron chi connectivity index (χ0n) is 10.4. The topological polar surface area (TPSA) is 58.1 Å². The van der Waals surface area contributed by atoms with Crippen LogP contribution >= 0.6 is 23.4 Å². The molecule has 2 heterocycles. The van der Waals surface area contributed by atoms with E-state index in [9.17, 15) is 4.79 Å². The summed E-state index contributed by atoms with van der Waals surface area (Å²) >= 11 is 7.60. The van der Waals surface area contributed by atoms with Gasteiger partial charge in [-0.2, -0.15) is 4.98 Å². The Morgan fingerprint density at radius 2 is 2.28 bits per heavy atom. The molecular formula is C11H15ClN4OS. The highest BCUT2D eigenvalue weighted by Crippen LogP contribution is 2.35. The number of halogens is 1. The number of nitrogens with one attached hydrogen (secondary N) is 1. The molecule has 0 fully saturated rings. The second-order valence-corrected chi connectivity index (χ2v) is 5.62. The van der Waals surface area contributed by atoms with Crippen LogP contribution in [0.2, 0.25) is 5.28 Å². The summed E-state index contributed by atoms with van der Waals surface area (Å²) in [5.41, 5.74) is 1.00. The molecule has 1 amide bonds. The van der Waals surface area contributed by atoms with Crippen molar-refractivity contribution in [2.75, 3.05) is 31.7 Å². The summed E-state index contributed by atoms with van der Waals surface area (Å²) < 4.78 is 0. The lowest BCUT2D eigenvalue weighted by Crippen LogP contribution is -2.24. The largest absolute Gasteiger partial charge is 0.368 e. The second kappa shape index (κ2) is 5.75. The standard InChI is InChI=1S/C11H15ClN4OS/c1-16(2)8(17)3-5-13-10-9-7(4-6-18-9)14-11(12)15-10/h3-6H2,1-2H3,(H,13,14,15). The fourth-order valence-corrected chi connectivity index (χ4v) is 2.92. The summed E-state index contributed by atoms with van der Waals surface area (Å²) in [6.45, 7) is 0.553. The van der Waals surface area contributed by atoms with E-state index in [1.807, 2.05) is 0 Å². The van der Waals surface area contributed by atoms with Crippen molar-refractivity contribution in [2.45, 2.75) is 17.7 Å². The Morgan fingerprint density at radius 3 is 3.00 bits per heavy atom. The number of aryl methyl sites for hydroxylation is 1. The highest BCUT2D eigenvalue weighted by molar-refractivity contribution is 7.99. The Bertz CT molecular complexity index is 467. The van der Waals surface area contributed by atoms with Crippen molar-refractivity contribution >= 4 is 35.1 Å². The molecule has 0 spiro atoms. The van der Waals surface area contributed by atoms with Crippen LogP contribution in [0.15, 0.2) is 4.90 Å². The predicted octanol–water partition coefficient (Wildman–Crippen LogP) is 1.67. The van der Waals surface area contributed by atoms with E-state index in [1.54, 1.807) is 30.8 Å². The zero-order chi connectivity index (χ0) is 13.1. The van der Waals surface area contributed by atoms with Crippen LogP contribution in [0.5, 0.6) is 0 Å². The summed E-state index contributed by atoms with van der Waals surface area (Å²) in [5, 5.41) is 3.43. The smallest absolute Gasteiger partial charge is 0.224 e. The number of amides is 1. The minimum Gasteiger partial charge on any atom is -0.368 e. The summed E-state index contributed by atoms with van der Waals surface area (Å²) in [5.74, 6) is 1.85. The molecule has 0 bridgehead atoms. The molecular weight excluding hydrogens is 272 g/mol. The number of nitrogens with zero attached hydrogens (tertiary/aromatic N) is 3. The maximum Gasteiger partial charge on any atom is 0.224 e. The van der Waals surface area contributed by atoms with Crippen molar-refractivity contribution < 1.29 is 4.79 Å². The van der Waals surface area contributed by atoms with Crippen molar-refractivity contribution in [3.05, 3.63) is 11.0 Å². The molecule has 0 aromatic carbocycles. The van der Waals surface area contributed by atoms with Crippen molar-refractivity contribution in [3.8, 4) is 0 Å². The number of rotatable bonds is 4. The SMILES string of the molecule is CN(C)C(=O)CCNc1nc(Cl)nc2c1SCC2. The summed E-state index contributed by atoms with van der Waals surface area (Å²) in [6.07, 6.45) is 1.36. The molecule has 0 unspecified atom stereocenters. The van der Waals surface area contributed by atoms with Gasteiger partial charge in [-0.1, -0.05) is 0 Å². The third-order valence-corrected chi connectivity index (χ3v) is 3.92. The molecule has 5 nitrogen and oxygen atoms in total. The highest BCUT2D eigenvalue weighted by Gasteiger charge is 2.19. The molecule has 1 aromatic rings. The number of aromatic nitrogens is 2. The Labute approximate surface area is 115 Å². The fourth-order valence-electron chi connectivity index (χ4n) is 1.67. The minimum atomic E-state index is 0.0898. The summed E-state index contributed by atoms with van der Waals surface area (Å²) in [4.78, 5) is 22.5. The Balaban J connectivity index is 2.00. The Kier molecular flexibility index (Phi) is 4.29. The van der Waals surface area contributed by atoms with Crippen LogP contribution in [0.1, 0.15) is 12.1 Å². The summed E-state index contributed by atoms with van der Waals surface area (Å²) in [7, 11) is 3.49. The molecule has 1 aliphatic heterocycles. The van der Waals surface area contributed by atoms with E-state index < -0.39 is 0 Å². The Morgan fingerprint density at radius 1 is 1.50 bits per heavy atom. The van der Waals surface area contributed by atoms with Gasteiger partial charge in [0.15, 0.2) is 0 Å². The van der Waals surface area contributed by atoms with E-state index in [1.165, 1.54) is 0 Å². The molecule has 1 N–H and O–H groups in total. The van der Waals surface area contributed by atoms with Crippen LogP contribution in [0.3, 0.4) is 0 Å². The van der Waals surface area contributed by atoms with Crippen LogP contribution in [0.4, 0.5) is 5.82 Å². The average Bonchev–Trinajstić information content (AvgIpc) is 2.76. The van der Waals surface area contributed by atoms with Crippen LogP contribution in [0, 0.1) is 0 Å². The normalized spacial score (nSPS) is 13.3. The number of thioether (sulfide) groups is 1. The van der Waals surface area contributed by atoms with Crippen LogP contribution in [-0.2, 0) is 11.2 Å². The van der Waals surface area contributed by atoms with Gasteiger partial charge < -0.3 is 10.2 Å². The number of carbonyl (C=O) groups is 1. The molecule has 0 radical (unpaired) electrons. The number of hydrogen-bond donors (Lipinski definition) is 1. The van der Waals surface area contributed by atoms with E-state index >= 15 is 0 Å². The second-order valence-electron chi connectivity index (χ2n) is 4.18. The van der Waals surface area contributed by atoms with Crippen LogP contribution in [-0.4, -0.2) is 47.2 Å². The first-order valence-electron chi connectivity index (χ1n) is 5.71. The third kappa shape index (κ3) is 3.05. The molecule has 1 aromatic heterocycles. The summed E-state index contributed by atoms with van der Waals surface area (Å²) in [6, 6.07) is 0. The minimum absolute atomic E-state index is 0.0898. The van der Waals surface area contributed by atoms with Crippen molar-refractivity contribution in [3.63, 3.8) is 0 Å². The van der Waals surface area contributed by atoms with Gasteiger partial charge in [0.05, 0.1) is 10.6 Å². The van der Waals surface area contributed by atoms with E-state index in [2.05, 4.69) is 15.3 Å². The molecule has 1 aliphatic rings. The zero-order valence-corrected chi connectivity index (χ0v) is 11.9. The van der Waals surface area contributed by atoms with Gasteiger partial charge in [0.1, 0.15) is 5.82 Å². The molecule has 0 atom stereocenters. The third-order valence-electron chi connectivity index (χ3n) is 2.62. The highest BCUT2D eigenvalue weighted by atomic mass is 35.5. The van der Waals surface area contributed by atoms with E-state index in [4.69, 9.17) is 11.6 Å². The van der Waals surface area contributed by atoms with Gasteiger partial charge in [0.25, 0.3) is 0 Å². The van der Waals surface area contributed by atoms with Gasteiger partial charge in [-0.3, -0.25) is 4.79 Å². The lowest BCUT2D eigenvalue weighted by Gasteiger charge is -2.12. The first-order chi connectivity index (χ1) is 8.58. The molecule has 18 heavy (non-hydrogen) atoms. The van der Waals surface area contributed by atoms with Gasteiger partial charge in [0, 0.05) is 39.2 Å². The molecule has 0 aliphatic carbocycles. The van der Waals surface area contributed by atoms with Gasteiger partial charge in [-0.05, 0) is 11.6 Å². The maximum atomic E-state index is 11.5. The van der Waals surface area contributed by atoms with E-state index in [0.717, 1.165) is 28.6 Å². The molecule has 0 saturated heterocycles. The van der Waals surface area contributed by atoms with Crippen LogP contribution < -0.4 is 5.32 Å². The van der Waals surface area contributed by atoms with Gasteiger partial charge in [-0.25, -0.2) is 4.98 Å². The first-order valence-corrected chi connectivity index (χ1v) is 7.07. The number of carbonyl (C=O) groups excluding carboxylic acids is 1. The van der Waals surface area contributed by atoms with Crippen molar-refractivity contribution in [2.24, 2.45) is 0 Å². The number of hydrogen-bond acceptors (Lipinski definition) is 5. The van der Waals surface area contributed by atoms with E-state index in [-0.39, 0.29) is 11.2 Å². The molecule has 98 valence electrons. The van der Waals surface area contributed by atoms with Crippen molar-refractivity contribution in [1.29, 1.82) is 0 Å². The predicted molar refractivity (Wildman–Crippen MR) is 73.3 cm³/mol. The molecule has 0 saturated carbocycles. The van der Waals surface area contributed by atoms with Crippen molar-refractivity contribution in [1.82, 2.24) is 14.9 Å². The van der Waals surface area contributed by atoms with Gasteiger partial charge in [0.2, 0.25) is 11.2 Å². The lowest BCUT2D eigenvalue weighted by atomic mass is 10.3. The van der Waals surface area contributed by atoms with E-state index in [0.29, 0.717) is 13.0 Å². The first kappa shape index (κ1) is 13.4. The lowest BCUT2D eigenvalue weighted by molar-refractivity contribution is -0.128. The van der Waals surface area contributed by atoms with Gasteiger partial charge >= 0.3 is 0 Å². The quantitative estimate of drug-likeness (QED) is 0.853. The Hall–Kier alpha value is -1.01.